The Morgan fingerprint density at radius 2 is 1.74 bits per heavy atom. The fourth-order valence-corrected chi connectivity index (χ4v) is 3.94. The van der Waals surface area contributed by atoms with Gasteiger partial charge in [0.1, 0.15) is 12.4 Å². The summed E-state index contributed by atoms with van der Waals surface area (Å²) in [5.74, 6) is 0.496. The zero-order valence-corrected chi connectivity index (χ0v) is 17.6. The average molecular weight is 423 g/mol. The highest BCUT2D eigenvalue weighted by Gasteiger charge is 2.20. The first kappa shape index (κ1) is 22.6. The molecule has 0 saturated heterocycles. The third-order valence-electron chi connectivity index (χ3n) is 5.58. The Balaban J connectivity index is 1.59. The lowest BCUT2D eigenvalue weighted by Gasteiger charge is -2.27. The molecule has 6 heteroatoms. The number of hydrogen-bond donors (Lipinski definition) is 3. The maximum absolute atomic E-state index is 12.5. The summed E-state index contributed by atoms with van der Waals surface area (Å²) in [7, 11) is 0. The van der Waals surface area contributed by atoms with Crippen molar-refractivity contribution in [2.45, 2.75) is 44.6 Å². The van der Waals surface area contributed by atoms with Crippen molar-refractivity contribution in [3.63, 3.8) is 0 Å². The minimum atomic E-state index is -0.570. The van der Waals surface area contributed by atoms with Gasteiger partial charge in [-0.2, -0.15) is 0 Å². The molecule has 1 atom stereocenters. The number of benzene rings is 2. The molecule has 0 radical (unpaired) electrons. The van der Waals surface area contributed by atoms with Crippen molar-refractivity contribution in [3.8, 4) is 5.75 Å². The maximum Gasteiger partial charge on any atom is 0.274 e. The lowest BCUT2D eigenvalue weighted by Crippen LogP contribution is -2.40. The number of hydrogen-bond acceptors (Lipinski definition) is 4. The molecule has 0 bridgehead atoms. The number of hydroxylamine groups is 1. The standard InChI is InChI=1S/C25H30N2O4/c28-24(16-11-19-7-3-1-4-8-19)26-22(17-20-9-5-2-6-10-20)18-31-23-14-12-21(13-15-23)25(29)27-30/h1,3-4,7-8,11-16,20,22,30H,2,5-6,9-10,17-18H2,(H,26,28)(H,27,29)/b16-11+/t22-/m0/s1. The molecular formula is C25H30N2O4. The largest absolute Gasteiger partial charge is 0.491 e. The summed E-state index contributed by atoms with van der Waals surface area (Å²) in [5, 5.41) is 11.8. The Hall–Kier alpha value is -3.12. The molecule has 0 heterocycles. The highest BCUT2D eigenvalue weighted by molar-refractivity contribution is 5.93. The van der Waals surface area contributed by atoms with Gasteiger partial charge >= 0.3 is 0 Å². The molecule has 31 heavy (non-hydrogen) atoms. The summed E-state index contributed by atoms with van der Waals surface area (Å²) in [6.45, 7) is 0.354. The normalized spacial score (nSPS) is 15.4. The van der Waals surface area contributed by atoms with E-state index in [1.54, 1.807) is 41.9 Å². The summed E-state index contributed by atoms with van der Waals surface area (Å²) >= 11 is 0. The molecule has 164 valence electrons. The summed E-state index contributed by atoms with van der Waals surface area (Å²) in [6, 6.07) is 16.1. The Labute approximate surface area is 183 Å². The summed E-state index contributed by atoms with van der Waals surface area (Å²) in [6.07, 6.45) is 10.4. The van der Waals surface area contributed by atoms with E-state index >= 15 is 0 Å². The van der Waals surface area contributed by atoms with Crippen LogP contribution >= 0.6 is 0 Å². The zero-order chi connectivity index (χ0) is 21.9. The molecule has 6 nitrogen and oxygen atoms in total. The zero-order valence-electron chi connectivity index (χ0n) is 17.6. The fraction of sp³-hybridized carbons (Fsp3) is 0.360. The molecule has 1 saturated carbocycles. The lowest BCUT2D eigenvalue weighted by molar-refractivity contribution is -0.117. The number of rotatable bonds is 9. The van der Waals surface area contributed by atoms with Crippen molar-refractivity contribution >= 4 is 17.9 Å². The van der Waals surface area contributed by atoms with Crippen molar-refractivity contribution < 1.29 is 19.5 Å². The van der Waals surface area contributed by atoms with Gasteiger partial charge in [-0.25, -0.2) is 5.48 Å². The van der Waals surface area contributed by atoms with Gasteiger partial charge in [-0.3, -0.25) is 14.8 Å². The van der Waals surface area contributed by atoms with E-state index in [-0.39, 0.29) is 11.9 Å². The minimum Gasteiger partial charge on any atom is -0.491 e. The van der Waals surface area contributed by atoms with Gasteiger partial charge in [0.05, 0.1) is 6.04 Å². The van der Waals surface area contributed by atoms with Crippen LogP contribution in [0.2, 0.25) is 0 Å². The monoisotopic (exact) mass is 422 g/mol. The van der Waals surface area contributed by atoms with Crippen molar-refractivity contribution in [1.82, 2.24) is 10.8 Å². The number of carbonyl (C=O) groups is 2. The molecule has 3 N–H and O–H groups in total. The van der Waals surface area contributed by atoms with Crippen LogP contribution in [-0.2, 0) is 4.79 Å². The van der Waals surface area contributed by atoms with Gasteiger partial charge in [-0.1, -0.05) is 62.4 Å². The maximum atomic E-state index is 12.5. The third-order valence-corrected chi connectivity index (χ3v) is 5.58. The first-order valence-corrected chi connectivity index (χ1v) is 10.8. The predicted octanol–water partition coefficient (Wildman–Crippen LogP) is 4.35. The van der Waals surface area contributed by atoms with Gasteiger partial charge in [0.2, 0.25) is 5.91 Å². The van der Waals surface area contributed by atoms with Crippen molar-refractivity contribution in [3.05, 3.63) is 71.8 Å². The van der Waals surface area contributed by atoms with E-state index in [1.807, 2.05) is 30.3 Å². The Morgan fingerprint density at radius 1 is 1.03 bits per heavy atom. The van der Waals surface area contributed by atoms with Gasteiger partial charge in [0, 0.05) is 11.6 Å². The molecule has 2 amide bonds. The molecule has 2 aromatic carbocycles. The van der Waals surface area contributed by atoms with Gasteiger partial charge in [0.15, 0.2) is 0 Å². The first-order chi connectivity index (χ1) is 15.1. The van der Waals surface area contributed by atoms with Crippen LogP contribution in [0.1, 0.15) is 54.4 Å². The van der Waals surface area contributed by atoms with Crippen molar-refractivity contribution in [2.75, 3.05) is 6.61 Å². The number of amides is 2. The topological polar surface area (TPSA) is 87.7 Å². The molecule has 0 aromatic heterocycles. The molecule has 0 unspecified atom stereocenters. The predicted molar refractivity (Wildman–Crippen MR) is 120 cm³/mol. The van der Waals surface area contributed by atoms with Crippen LogP contribution in [0.3, 0.4) is 0 Å². The van der Waals surface area contributed by atoms with Crippen LogP contribution in [0, 0.1) is 5.92 Å². The van der Waals surface area contributed by atoms with Gasteiger partial charge in [-0.15, -0.1) is 0 Å². The van der Waals surface area contributed by atoms with Crippen molar-refractivity contribution in [2.24, 2.45) is 5.92 Å². The Morgan fingerprint density at radius 3 is 2.42 bits per heavy atom. The van der Waals surface area contributed by atoms with E-state index < -0.39 is 5.91 Å². The average Bonchev–Trinajstić information content (AvgIpc) is 2.82. The van der Waals surface area contributed by atoms with Crippen molar-refractivity contribution in [1.29, 1.82) is 0 Å². The van der Waals surface area contributed by atoms with E-state index in [0.29, 0.717) is 23.8 Å². The Bertz CT molecular complexity index is 859. The lowest BCUT2D eigenvalue weighted by atomic mass is 9.85. The van der Waals surface area contributed by atoms with Crippen LogP contribution in [0.5, 0.6) is 5.75 Å². The summed E-state index contributed by atoms with van der Waals surface area (Å²) in [4.78, 5) is 24.0. The SMILES string of the molecule is O=C(/C=C/c1ccccc1)N[C@H](COc1ccc(C(=O)NO)cc1)CC1CCCCC1. The van der Waals surface area contributed by atoms with Crippen LogP contribution < -0.4 is 15.5 Å². The smallest absolute Gasteiger partial charge is 0.274 e. The van der Waals surface area contributed by atoms with Crippen LogP contribution in [0.4, 0.5) is 0 Å². The van der Waals surface area contributed by atoms with E-state index in [2.05, 4.69) is 5.32 Å². The summed E-state index contributed by atoms with van der Waals surface area (Å²) < 4.78 is 5.91. The molecule has 1 aliphatic carbocycles. The second-order valence-corrected chi connectivity index (χ2v) is 7.97. The van der Waals surface area contributed by atoms with Crippen LogP contribution in [-0.4, -0.2) is 29.7 Å². The number of ether oxygens (including phenoxy) is 1. The minimum absolute atomic E-state index is 0.101. The molecular weight excluding hydrogens is 392 g/mol. The van der Waals surface area contributed by atoms with Crippen LogP contribution in [0.15, 0.2) is 60.7 Å². The second-order valence-electron chi connectivity index (χ2n) is 7.97. The van der Waals surface area contributed by atoms with E-state index in [4.69, 9.17) is 9.94 Å². The number of carbonyl (C=O) groups excluding carboxylic acids is 2. The molecule has 0 aliphatic heterocycles. The molecule has 0 spiro atoms. The second kappa shape index (κ2) is 11.9. The van der Waals surface area contributed by atoms with E-state index in [9.17, 15) is 9.59 Å². The summed E-state index contributed by atoms with van der Waals surface area (Å²) in [5.41, 5.74) is 2.93. The van der Waals surface area contributed by atoms with Gasteiger partial charge in [0.25, 0.3) is 5.91 Å². The molecule has 1 aliphatic rings. The third kappa shape index (κ3) is 7.57. The molecule has 3 rings (SSSR count). The Kier molecular flexibility index (Phi) is 8.67. The first-order valence-electron chi connectivity index (χ1n) is 10.8. The van der Waals surface area contributed by atoms with E-state index in [0.717, 1.165) is 12.0 Å². The van der Waals surface area contributed by atoms with Gasteiger partial charge < -0.3 is 10.1 Å². The molecule has 1 fully saturated rings. The quantitative estimate of drug-likeness (QED) is 0.318. The number of nitrogens with one attached hydrogen (secondary N) is 2. The van der Waals surface area contributed by atoms with E-state index in [1.165, 1.54) is 32.1 Å². The fourth-order valence-electron chi connectivity index (χ4n) is 3.94. The highest BCUT2D eigenvalue weighted by atomic mass is 16.5. The highest BCUT2D eigenvalue weighted by Crippen LogP contribution is 2.27. The van der Waals surface area contributed by atoms with Gasteiger partial charge in [-0.05, 0) is 48.2 Å². The molecule has 2 aromatic rings. The van der Waals surface area contributed by atoms with Crippen LogP contribution in [0.25, 0.3) is 6.08 Å².